The van der Waals surface area contributed by atoms with Gasteiger partial charge in [0.05, 0.1) is 5.75 Å². The normalized spacial score (nSPS) is 33.9. The molecular formula is C21H29NOS. The van der Waals surface area contributed by atoms with Gasteiger partial charge in [-0.25, -0.2) is 0 Å². The monoisotopic (exact) mass is 343 g/mol. The fourth-order valence-corrected chi connectivity index (χ4v) is 7.30. The van der Waals surface area contributed by atoms with Crippen molar-refractivity contribution in [3.05, 3.63) is 29.8 Å². The average Bonchev–Trinajstić information content (AvgIpc) is 2.52. The molecule has 0 heterocycles. The van der Waals surface area contributed by atoms with Crippen molar-refractivity contribution >= 4 is 23.4 Å². The molecule has 0 unspecified atom stereocenters. The molecule has 0 atom stereocenters. The van der Waals surface area contributed by atoms with Gasteiger partial charge in [-0.3, -0.25) is 4.79 Å². The Morgan fingerprint density at radius 1 is 1.12 bits per heavy atom. The molecule has 4 aliphatic carbocycles. The van der Waals surface area contributed by atoms with Gasteiger partial charge in [0.15, 0.2) is 0 Å². The van der Waals surface area contributed by atoms with E-state index in [0.29, 0.717) is 16.4 Å². The number of hydrogen-bond acceptors (Lipinski definition) is 2. The third-order valence-corrected chi connectivity index (χ3v) is 7.87. The number of benzene rings is 1. The largest absolute Gasteiger partial charge is 0.325 e. The maximum absolute atomic E-state index is 12.5. The van der Waals surface area contributed by atoms with Crippen LogP contribution in [0.4, 0.5) is 5.69 Å². The highest BCUT2D eigenvalue weighted by Crippen LogP contribution is 2.60. The van der Waals surface area contributed by atoms with Gasteiger partial charge in [-0.1, -0.05) is 32.0 Å². The molecule has 0 saturated heterocycles. The Balaban J connectivity index is 1.38. The van der Waals surface area contributed by atoms with Gasteiger partial charge >= 0.3 is 0 Å². The van der Waals surface area contributed by atoms with Crippen molar-refractivity contribution in [1.29, 1.82) is 0 Å². The fraction of sp³-hybridized carbons (Fsp3) is 0.667. The Morgan fingerprint density at radius 3 is 2.29 bits per heavy atom. The number of rotatable bonds is 5. The Morgan fingerprint density at radius 2 is 1.71 bits per heavy atom. The van der Waals surface area contributed by atoms with E-state index in [1.165, 1.54) is 44.1 Å². The molecule has 0 radical (unpaired) electrons. The van der Waals surface area contributed by atoms with Crippen LogP contribution in [0.15, 0.2) is 24.3 Å². The van der Waals surface area contributed by atoms with Crippen LogP contribution < -0.4 is 5.32 Å². The molecule has 4 bridgehead atoms. The maximum Gasteiger partial charge on any atom is 0.234 e. The topological polar surface area (TPSA) is 29.1 Å². The summed E-state index contributed by atoms with van der Waals surface area (Å²) in [5.41, 5.74) is 2.22. The van der Waals surface area contributed by atoms with Crippen LogP contribution in [0.25, 0.3) is 0 Å². The van der Waals surface area contributed by atoms with Gasteiger partial charge in [-0.2, -0.15) is 0 Å². The predicted molar refractivity (Wildman–Crippen MR) is 103 cm³/mol. The summed E-state index contributed by atoms with van der Waals surface area (Å²) in [7, 11) is 0. The van der Waals surface area contributed by atoms with Crippen LogP contribution in [0.5, 0.6) is 0 Å². The minimum atomic E-state index is 0.170. The van der Waals surface area contributed by atoms with Crippen LogP contribution in [0.1, 0.15) is 63.9 Å². The molecule has 1 amide bonds. The molecule has 1 N–H and O–H groups in total. The molecule has 3 heteroatoms. The highest BCUT2D eigenvalue weighted by Gasteiger charge is 2.51. The van der Waals surface area contributed by atoms with Crippen molar-refractivity contribution in [2.24, 2.45) is 17.8 Å². The van der Waals surface area contributed by atoms with Crippen molar-refractivity contribution in [2.45, 2.75) is 63.0 Å². The SMILES string of the molecule is CC(C)c1ccccc1NC(=O)CSC12CC3CC(CC(C3)C1)C2. The van der Waals surface area contributed by atoms with Crippen LogP contribution in [0.2, 0.25) is 0 Å². The second-order valence-electron chi connectivity index (χ2n) is 8.68. The maximum atomic E-state index is 12.5. The minimum absolute atomic E-state index is 0.170. The first-order chi connectivity index (χ1) is 11.5. The van der Waals surface area contributed by atoms with Crippen molar-refractivity contribution in [1.82, 2.24) is 0 Å². The highest BCUT2D eigenvalue weighted by atomic mass is 32.2. The molecule has 0 aromatic heterocycles. The summed E-state index contributed by atoms with van der Waals surface area (Å²) in [5, 5.41) is 3.16. The summed E-state index contributed by atoms with van der Waals surface area (Å²) >= 11 is 1.96. The molecule has 0 spiro atoms. The molecule has 1 aromatic carbocycles. The van der Waals surface area contributed by atoms with Gasteiger partial charge in [-0.05, 0) is 73.8 Å². The van der Waals surface area contributed by atoms with E-state index in [0.717, 1.165) is 23.4 Å². The van der Waals surface area contributed by atoms with Crippen LogP contribution in [-0.2, 0) is 4.79 Å². The number of hydrogen-bond donors (Lipinski definition) is 1. The molecule has 4 aliphatic rings. The fourth-order valence-electron chi connectivity index (χ4n) is 5.73. The number of carbonyl (C=O) groups excluding carboxylic acids is 1. The molecule has 130 valence electrons. The number of carbonyl (C=O) groups is 1. The Kier molecular flexibility index (Phi) is 4.40. The van der Waals surface area contributed by atoms with Gasteiger partial charge in [0.25, 0.3) is 0 Å². The van der Waals surface area contributed by atoms with E-state index in [1.807, 2.05) is 23.9 Å². The molecule has 24 heavy (non-hydrogen) atoms. The molecule has 2 nitrogen and oxygen atoms in total. The number of anilines is 1. The number of thioether (sulfide) groups is 1. The second-order valence-corrected chi connectivity index (χ2v) is 10.1. The smallest absolute Gasteiger partial charge is 0.234 e. The lowest BCUT2D eigenvalue weighted by Crippen LogP contribution is -2.49. The van der Waals surface area contributed by atoms with E-state index < -0.39 is 0 Å². The van der Waals surface area contributed by atoms with E-state index in [2.05, 4.69) is 31.3 Å². The summed E-state index contributed by atoms with van der Waals surface area (Å²) < 4.78 is 0.420. The first kappa shape index (κ1) is 16.5. The van der Waals surface area contributed by atoms with Gasteiger partial charge in [0.2, 0.25) is 5.91 Å². The summed E-state index contributed by atoms with van der Waals surface area (Å²) in [6, 6.07) is 8.21. The Bertz CT molecular complexity index is 589. The van der Waals surface area contributed by atoms with E-state index in [1.54, 1.807) is 0 Å². The number of para-hydroxylation sites is 1. The predicted octanol–water partition coefficient (Wildman–Crippen LogP) is 5.45. The molecule has 5 rings (SSSR count). The second kappa shape index (κ2) is 6.40. The molecule has 0 aliphatic heterocycles. The van der Waals surface area contributed by atoms with E-state index >= 15 is 0 Å². The van der Waals surface area contributed by atoms with Crippen molar-refractivity contribution < 1.29 is 4.79 Å². The first-order valence-corrected chi connectivity index (χ1v) is 10.5. The molecule has 1 aromatic rings. The van der Waals surface area contributed by atoms with Crippen LogP contribution in [0.3, 0.4) is 0 Å². The zero-order valence-corrected chi connectivity index (χ0v) is 15.7. The highest BCUT2D eigenvalue weighted by molar-refractivity contribution is 8.01. The third-order valence-electron chi connectivity index (χ3n) is 6.35. The quantitative estimate of drug-likeness (QED) is 0.770. The Hall–Kier alpha value is -0.960. The summed E-state index contributed by atoms with van der Waals surface area (Å²) in [6.45, 7) is 4.35. The van der Waals surface area contributed by atoms with Crippen LogP contribution in [-0.4, -0.2) is 16.4 Å². The summed E-state index contributed by atoms with van der Waals surface area (Å²) in [4.78, 5) is 12.5. The minimum Gasteiger partial charge on any atom is -0.325 e. The molecule has 4 fully saturated rings. The van der Waals surface area contributed by atoms with Crippen molar-refractivity contribution in [2.75, 3.05) is 11.1 Å². The zero-order chi connectivity index (χ0) is 16.7. The lowest BCUT2D eigenvalue weighted by atomic mass is 9.56. The third kappa shape index (κ3) is 3.24. The summed E-state index contributed by atoms with van der Waals surface area (Å²) in [6.07, 6.45) is 8.48. The van der Waals surface area contributed by atoms with E-state index in [9.17, 15) is 4.79 Å². The van der Waals surface area contributed by atoms with Crippen LogP contribution in [0, 0.1) is 17.8 Å². The number of nitrogens with one attached hydrogen (secondary N) is 1. The van der Waals surface area contributed by atoms with Crippen molar-refractivity contribution in [3.63, 3.8) is 0 Å². The van der Waals surface area contributed by atoms with Gasteiger partial charge < -0.3 is 5.32 Å². The van der Waals surface area contributed by atoms with Gasteiger partial charge in [0, 0.05) is 10.4 Å². The standard InChI is InChI=1S/C21H29NOS/c1-14(2)18-5-3-4-6-19(18)22-20(23)13-24-21-10-15-7-16(11-21)9-17(8-15)12-21/h3-6,14-17H,7-13H2,1-2H3,(H,22,23). The van der Waals surface area contributed by atoms with E-state index in [4.69, 9.17) is 0 Å². The van der Waals surface area contributed by atoms with Gasteiger partial charge in [-0.15, -0.1) is 11.8 Å². The van der Waals surface area contributed by atoms with Crippen molar-refractivity contribution in [3.8, 4) is 0 Å². The first-order valence-electron chi connectivity index (χ1n) is 9.56. The lowest BCUT2D eigenvalue weighted by Gasteiger charge is -2.56. The molecular weight excluding hydrogens is 314 g/mol. The molecule has 4 saturated carbocycles. The number of amides is 1. The Labute approximate surface area is 150 Å². The zero-order valence-electron chi connectivity index (χ0n) is 14.9. The van der Waals surface area contributed by atoms with Gasteiger partial charge in [0.1, 0.15) is 0 Å². The van der Waals surface area contributed by atoms with Crippen LogP contribution >= 0.6 is 11.8 Å². The van der Waals surface area contributed by atoms with E-state index in [-0.39, 0.29) is 5.91 Å². The lowest BCUT2D eigenvalue weighted by molar-refractivity contribution is -0.113. The average molecular weight is 344 g/mol. The summed E-state index contributed by atoms with van der Waals surface area (Å²) in [5.74, 6) is 4.06.